The van der Waals surface area contributed by atoms with Gasteiger partial charge in [0.05, 0.1) is 25.3 Å². The lowest BCUT2D eigenvalue weighted by Crippen LogP contribution is -2.42. The maximum Gasteiger partial charge on any atom is 0.332 e. The second kappa shape index (κ2) is 7.78. The molecular weight excluding hydrogens is 376 g/mol. The van der Waals surface area contributed by atoms with Crippen molar-refractivity contribution < 1.29 is 14.3 Å². The van der Waals surface area contributed by atoms with Crippen molar-refractivity contribution in [2.45, 2.75) is 20.4 Å². The van der Waals surface area contributed by atoms with Crippen LogP contribution in [-0.4, -0.2) is 34.2 Å². The standard InChI is InChI=1S/C20H22N4O5/c1-11-8-12(2)21-18-17(11)19(26)24(20(27)23(18)3)10-16(25)22-14-9-13(28-4)6-7-15(14)29-5/h6-9H,10H2,1-5H3,(H,22,25). The second-order valence-corrected chi connectivity index (χ2v) is 6.63. The van der Waals surface area contributed by atoms with Crippen LogP contribution < -0.4 is 26.0 Å². The minimum atomic E-state index is -0.618. The number of ether oxygens (including phenoxy) is 2. The van der Waals surface area contributed by atoms with Crippen LogP contribution in [0.15, 0.2) is 33.9 Å². The number of carbonyl (C=O) groups is 1. The normalized spacial score (nSPS) is 10.8. The molecule has 0 aliphatic rings. The molecule has 9 heteroatoms. The van der Waals surface area contributed by atoms with Gasteiger partial charge in [0, 0.05) is 18.8 Å². The van der Waals surface area contributed by atoms with E-state index in [4.69, 9.17) is 9.47 Å². The Bertz CT molecular complexity index is 1230. The summed E-state index contributed by atoms with van der Waals surface area (Å²) < 4.78 is 12.6. The van der Waals surface area contributed by atoms with Gasteiger partial charge in [0.15, 0.2) is 0 Å². The van der Waals surface area contributed by atoms with Crippen LogP contribution in [-0.2, 0) is 18.4 Å². The van der Waals surface area contributed by atoms with E-state index in [-0.39, 0.29) is 0 Å². The van der Waals surface area contributed by atoms with Crippen LogP contribution in [0.25, 0.3) is 11.0 Å². The molecule has 1 N–H and O–H groups in total. The fourth-order valence-corrected chi connectivity index (χ4v) is 3.20. The van der Waals surface area contributed by atoms with Crippen LogP contribution in [0.3, 0.4) is 0 Å². The molecule has 0 saturated carbocycles. The molecule has 3 rings (SSSR count). The summed E-state index contributed by atoms with van der Waals surface area (Å²) in [6, 6.07) is 6.69. The zero-order valence-corrected chi connectivity index (χ0v) is 16.9. The maximum atomic E-state index is 12.9. The van der Waals surface area contributed by atoms with Crippen LogP contribution in [0, 0.1) is 13.8 Å². The Labute approximate surface area is 166 Å². The molecule has 0 bridgehead atoms. The number of nitrogens with one attached hydrogen (secondary N) is 1. The Morgan fingerprint density at radius 2 is 1.86 bits per heavy atom. The van der Waals surface area contributed by atoms with Gasteiger partial charge in [-0.05, 0) is 37.6 Å². The number of rotatable bonds is 5. The molecule has 9 nitrogen and oxygen atoms in total. The third kappa shape index (κ3) is 3.71. The lowest BCUT2D eigenvalue weighted by atomic mass is 10.2. The van der Waals surface area contributed by atoms with Gasteiger partial charge in [-0.2, -0.15) is 0 Å². The quantitative estimate of drug-likeness (QED) is 0.696. The average Bonchev–Trinajstić information content (AvgIpc) is 2.68. The van der Waals surface area contributed by atoms with E-state index in [9.17, 15) is 14.4 Å². The van der Waals surface area contributed by atoms with Gasteiger partial charge in [0.2, 0.25) is 5.91 Å². The number of aromatic nitrogens is 3. The Kier molecular flexibility index (Phi) is 5.40. The number of hydrogen-bond donors (Lipinski definition) is 1. The van der Waals surface area contributed by atoms with Gasteiger partial charge in [-0.15, -0.1) is 0 Å². The predicted molar refractivity (Wildman–Crippen MR) is 109 cm³/mol. The number of benzene rings is 1. The average molecular weight is 398 g/mol. The van der Waals surface area contributed by atoms with Gasteiger partial charge in [-0.3, -0.25) is 18.7 Å². The Hall–Kier alpha value is -3.62. The SMILES string of the molecule is COc1ccc(OC)c(NC(=O)Cn2c(=O)c3c(C)cc(C)nc3n(C)c2=O)c1. The number of carbonyl (C=O) groups excluding carboxylic acids is 1. The highest BCUT2D eigenvalue weighted by Crippen LogP contribution is 2.28. The zero-order valence-electron chi connectivity index (χ0n) is 16.9. The summed E-state index contributed by atoms with van der Waals surface area (Å²) in [4.78, 5) is 42.5. The summed E-state index contributed by atoms with van der Waals surface area (Å²) in [5.74, 6) is 0.401. The number of amides is 1. The van der Waals surface area contributed by atoms with E-state index in [0.29, 0.717) is 39.5 Å². The molecule has 0 spiro atoms. The summed E-state index contributed by atoms with van der Waals surface area (Å²) in [5, 5.41) is 2.97. The van der Waals surface area contributed by atoms with E-state index < -0.39 is 23.7 Å². The molecular formula is C20H22N4O5. The lowest BCUT2D eigenvalue weighted by Gasteiger charge is -2.14. The van der Waals surface area contributed by atoms with Crippen molar-refractivity contribution in [1.29, 1.82) is 0 Å². The van der Waals surface area contributed by atoms with Gasteiger partial charge in [0.25, 0.3) is 5.56 Å². The van der Waals surface area contributed by atoms with Gasteiger partial charge in [-0.1, -0.05) is 0 Å². The van der Waals surface area contributed by atoms with Crippen LogP contribution in [0.1, 0.15) is 11.3 Å². The largest absolute Gasteiger partial charge is 0.497 e. The van der Waals surface area contributed by atoms with Crippen LogP contribution in [0.4, 0.5) is 5.69 Å². The molecule has 0 fully saturated rings. The molecule has 0 unspecified atom stereocenters. The molecule has 0 atom stereocenters. The molecule has 0 aliphatic carbocycles. The van der Waals surface area contributed by atoms with Crippen molar-refractivity contribution in [1.82, 2.24) is 14.1 Å². The first-order chi connectivity index (χ1) is 13.8. The van der Waals surface area contributed by atoms with E-state index in [2.05, 4.69) is 10.3 Å². The highest BCUT2D eigenvalue weighted by Gasteiger charge is 2.17. The molecule has 3 aromatic rings. The Morgan fingerprint density at radius 1 is 1.14 bits per heavy atom. The molecule has 2 heterocycles. The molecule has 29 heavy (non-hydrogen) atoms. The smallest absolute Gasteiger partial charge is 0.332 e. The molecule has 0 aliphatic heterocycles. The molecule has 0 saturated heterocycles. The number of hydrogen-bond acceptors (Lipinski definition) is 6. The van der Waals surface area contributed by atoms with Crippen molar-refractivity contribution >= 4 is 22.6 Å². The summed E-state index contributed by atoms with van der Waals surface area (Å²) in [6.07, 6.45) is 0. The number of aryl methyl sites for hydroxylation is 3. The van der Waals surface area contributed by atoms with Crippen LogP contribution in [0.2, 0.25) is 0 Å². The number of methoxy groups -OCH3 is 2. The summed E-state index contributed by atoms with van der Waals surface area (Å²) in [5.41, 5.74) is 0.884. The van der Waals surface area contributed by atoms with Crippen LogP contribution in [0.5, 0.6) is 11.5 Å². The third-order valence-electron chi connectivity index (χ3n) is 4.60. The molecule has 1 amide bonds. The Balaban J connectivity index is 2.02. The van der Waals surface area contributed by atoms with Crippen molar-refractivity contribution in [3.63, 3.8) is 0 Å². The number of nitrogens with zero attached hydrogens (tertiary/aromatic N) is 3. The first-order valence-corrected chi connectivity index (χ1v) is 8.86. The number of anilines is 1. The van der Waals surface area contributed by atoms with E-state index in [1.165, 1.54) is 25.8 Å². The van der Waals surface area contributed by atoms with Gasteiger partial charge < -0.3 is 14.8 Å². The molecule has 1 aromatic carbocycles. The van der Waals surface area contributed by atoms with Crippen molar-refractivity contribution in [2.75, 3.05) is 19.5 Å². The number of fused-ring (bicyclic) bond motifs is 1. The van der Waals surface area contributed by atoms with Crippen molar-refractivity contribution in [3.8, 4) is 11.5 Å². The second-order valence-electron chi connectivity index (χ2n) is 6.63. The first kappa shape index (κ1) is 20.1. The summed E-state index contributed by atoms with van der Waals surface area (Å²) in [7, 11) is 4.50. The highest BCUT2D eigenvalue weighted by molar-refractivity contribution is 5.92. The maximum absolute atomic E-state index is 12.9. The summed E-state index contributed by atoms with van der Waals surface area (Å²) in [6.45, 7) is 3.11. The van der Waals surface area contributed by atoms with Gasteiger partial charge >= 0.3 is 5.69 Å². The van der Waals surface area contributed by atoms with Crippen molar-refractivity contribution in [2.24, 2.45) is 7.05 Å². The third-order valence-corrected chi connectivity index (χ3v) is 4.60. The fraction of sp³-hybridized carbons (Fsp3) is 0.300. The molecule has 152 valence electrons. The summed E-state index contributed by atoms with van der Waals surface area (Å²) >= 11 is 0. The van der Waals surface area contributed by atoms with Crippen molar-refractivity contribution in [3.05, 3.63) is 56.4 Å². The monoisotopic (exact) mass is 398 g/mol. The van der Waals surface area contributed by atoms with Crippen LogP contribution >= 0.6 is 0 Å². The van der Waals surface area contributed by atoms with Gasteiger partial charge in [-0.25, -0.2) is 9.78 Å². The topological polar surface area (TPSA) is 104 Å². The zero-order chi connectivity index (χ0) is 21.3. The number of pyridine rings is 1. The predicted octanol–water partition coefficient (Wildman–Crippen LogP) is 1.37. The first-order valence-electron chi connectivity index (χ1n) is 8.86. The van der Waals surface area contributed by atoms with E-state index in [1.54, 1.807) is 38.1 Å². The Morgan fingerprint density at radius 3 is 2.52 bits per heavy atom. The molecule has 0 radical (unpaired) electrons. The highest BCUT2D eigenvalue weighted by atomic mass is 16.5. The minimum absolute atomic E-state index is 0.295. The van der Waals surface area contributed by atoms with E-state index in [1.807, 2.05) is 0 Å². The lowest BCUT2D eigenvalue weighted by molar-refractivity contribution is -0.116. The molecule has 2 aromatic heterocycles. The fourth-order valence-electron chi connectivity index (χ4n) is 3.20. The minimum Gasteiger partial charge on any atom is -0.497 e. The van der Waals surface area contributed by atoms with Gasteiger partial charge in [0.1, 0.15) is 23.7 Å². The van der Waals surface area contributed by atoms with E-state index >= 15 is 0 Å². The van der Waals surface area contributed by atoms with E-state index in [0.717, 1.165) is 4.57 Å².